The first kappa shape index (κ1) is 19.2. The molecule has 0 fully saturated rings. The van der Waals surface area contributed by atoms with Crippen LogP contribution in [0.1, 0.15) is 0 Å². The fourth-order valence-corrected chi connectivity index (χ4v) is 5.48. The van der Waals surface area contributed by atoms with E-state index in [1.807, 2.05) is 0 Å². The third-order valence-electron chi connectivity index (χ3n) is 6.90. The Kier molecular flexibility index (Phi) is 3.85. The van der Waals surface area contributed by atoms with Crippen molar-refractivity contribution < 1.29 is 0 Å². The summed E-state index contributed by atoms with van der Waals surface area (Å²) in [5.74, 6) is 0.723. The van der Waals surface area contributed by atoms with Gasteiger partial charge in [0.15, 0.2) is 17.1 Å². The van der Waals surface area contributed by atoms with Gasteiger partial charge in [-0.05, 0) is 36.4 Å². The van der Waals surface area contributed by atoms with Gasteiger partial charge in [-0.25, -0.2) is 19.9 Å². The lowest BCUT2D eigenvalue weighted by Crippen LogP contribution is -2.00. The summed E-state index contributed by atoms with van der Waals surface area (Å²) in [6.45, 7) is 0. The van der Waals surface area contributed by atoms with Crippen molar-refractivity contribution in [3.05, 3.63) is 110 Å². The lowest BCUT2D eigenvalue weighted by Gasteiger charge is -2.08. The lowest BCUT2D eigenvalue weighted by molar-refractivity contribution is 1.05. The van der Waals surface area contributed by atoms with E-state index in [1.165, 1.54) is 32.6 Å². The quantitative estimate of drug-likeness (QED) is 0.290. The van der Waals surface area contributed by atoms with Gasteiger partial charge in [0.05, 0.1) is 28.3 Å². The van der Waals surface area contributed by atoms with E-state index in [0.717, 1.165) is 22.5 Å². The van der Waals surface area contributed by atoms with Crippen LogP contribution in [0, 0.1) is 0 Å². The Morgan fingerprint density at radius 1 is 0.472 bits per heavy atom. The monoisotopic (exact) mass is 462 g/mol. The summed E-state index contributed by atoms with van der Waals surface area (Å²) in [6.07, 6.45) is 5.06. The van der Waals surface area contributed by atoms with Crippen molar-refractivity contribution >= 4 is 54.9 Å². The zero-order valence-electron chi connectivity index (χ0n) is 19.1. The van der Waals surface area contributed by atoms with Crippen LogP contribution in [0.25, 0.3) is 66.4 Å². The van der Waals surface area contributed by atoms with Crippen LogP contribution in [0.15, 0.2) is 110 Å². The minimum atomic E-state index is 0.530. The molecule has 8 rings (SSSR count). The molecule has 6 heteroatoms. The Bertz CT molecular complexity index is 2100. The van der Waals surface area contributed by atoms with Gasteiger partial charge in [-0.2, -0.15) is 0 Å². The second kappa shape index (κ2) is 7.20. The molecule has 8 aromatic rings. The average molecular weight is 463 g/mol. The fraction of sp³-hybridized carbons (Fsp3) is 0. The molecule has 168 valence electrons. The summed E-state index contributed by atoms with van der Waals surface area (Å²) < 4.78 is 4.53. The summed E-state index contributed by atoms with van der Waals surface area (Å²) in [4.78, 5) is 18.1. The first-order valence-electron chi connectivity index (χ1n) is 11.8. The van der Waals surface area contributed by atoms with E-state index in [9.17, 15) is 0 Å². The van der Waals surface area contributed by atoms with Gasteiger partial charge in [0, 0.05) is 39.6 Å². The van der Waals surface area contributed by atoms with Crippen LogP contribution in [-0.2, 0) is 0 Å². The largest absolute Gasteiger partial charge is 0.309 e. The van der Waals surface area contributed by atoms with E-state index in [4.69, 9.17) is 4.98 Å². The normalized spacial score (nSPS) is 11.9. The van der Waals surface area contributed by atoms with Crippen molar-refractivity contribution in [3.63, 3.8) is 0 Å². The Balaban J connectivity index is 1.57. The van der Waals surface area contributed by atoms with Gasteiger partial charge in [0.2, 0.25) is 0 Å². The number of para-hydroxylation sites is 3. The Morgan fingerprint density at radius 3 is 1.78 bits per heavy atom. The highest BCUT2D eigenvalue weighted by Gasteiger charge is 2.20. The van der Waals surface area contributed by atoms with E-state index in [0.29, 0.717) is 11.3 Å². The molecule has 4 aromatic carbocycles. The minimum Gasteiger partial charge on any atom is -0.309 e. The molecule has 0 N–H and O–H groups in total. The summed E-state index contributed by atoms with van der Waals surface area (Å²) in [5.41, 5.74) is 6.73. The SMILES string of the molecule is c1ccc(-n2c3ccccc3c3c4c5ccccc5n(-c5cnc6nccnc6n5)c4ccc32)cc1. The summed E-state index contributed by atoms with van der Waals surface area (Å²) in [6, 6.07) is 32.1. The number of hydrogen-bond acceptors (Lipinski definition) is 4. The van der Waals surface area contributed by atoms with Crippen LogP contribution < -0.4 is 0 Å². The predicted molar refractivity (Wildman–Crippen MR) is 144 cm³/mol. The third-order valence-corrected chi connectivity index (χ3v) is 6.90. The molecule has 0 bridgehead atoms. The first-order valence-corrected chi connectivity index (χ1v) is 11.8. The molecular weight excluding hydrogens is 444 g/mol. The first-order chi connectivity index (χ1) is 17.9. The maximum Gasteiger partial charge on any atom is 0.199 e. The molecule has 36 heavy (non-hydrogen) atoms. The molecule has 0 saturated carbocycles. The lowest BCUT2D eigenvalue weighted by atomic mass is 10.1. The molecule has 0 unspecified atom stereocenters. The standard InChI is InChI=1S/C30H18N6/c1-2-8-19(9-3-1)35-22-12-6-4-10-20(22)27-24(35)14-15-25-28(27)21-11-5-7-13-23(21)36(25)26-18-33-29-30(34-26)32-17-16-31-29/h1-18H. The van der Waals surface area contributed by atoms with Crippen LogP contribution in [0.5, 0.6) is 0 Å². The number of benzene rings is 4. The highest BCUT2D eigenvalue weighted by atomic mass is 15.1. The van der Waals surface area contributed by atoms with Crippen LogP contribution >= 0.6 is 0 Å². The third kappa shape index (κ3) is 2.55. The van der Waals surface area contributed by atoms with Crippen molar-refractivity contribution in [1.82, 2.24) is 29.1 Å². The molecule has 4 heterocycles. The van der Waals surface area contributed by atoms with Crippen molar-refractivity contribution in [2.45, 2.75) is 0 Å². The summed E-state index contributed by atoms with van der Waals surface area (Å²) in [5, 5.41) is 4.83. The van der Waals surface area contributed by atoms with Gasteiger partial charge in [-0.1, -0.05) is 54.6 Å². The smallest absolute Gasteiger partial charge is 0.199 e. The minimum absolute atomic E-state index is 0.530. The highest BCUT2D eigenvalue weighted by Crippen LogP contribution is 2.41. The van der Waals surface area contributed by atoms with E-state index in [2.05, 4.69) is 115 Å². The van der Waals surface area contributed by atoms with E-state index in [-0.39, 0.29) is 0 Å². The molecule has 0 atom stereocenters. The molecule has 0 saturated heterocycles. The molecule has 0 aliphatic carbocycles. The molecule has 6 nitrogen and oxygen atoms in total. The topological polar surface area (TPSA) is 61.4 Å². The number of nitrogens with zero attached hydrogens (tertiary/aromatic N) is 6. The van der Waals surface area contributed by atoms with E-state index < -0.39 is 0 Å². The molecule has 0 amide bonds. The highest BCUT2D eigenvalue weighted by molar-refractivity contribution is 6.28. The van der Waals surface area contributed by atoms with Gasteiger partial charge in [-0.15, -0.1) is 0 Å². The zero-order chi connectivity index (χ0) is 23.6. The number of fused-ring (bicyclic) bond motifs is 8. The Morgan fingerprint density at radius 2 is 1.06 bits per heavy atom. The molecule has 4 aromatic heterocycles. The van der Waals surface area contributed by atoms with Crippen molar-refractivity contribution in [3.8, 4) is 11.5 Å². The van der Waals surface area contributed by atoms with Gasteiger partial charge in [0.25, 0.3) is 0 Å². The molecule has 0 radical (unpaired) electrons. The molecular formula is C30H18N6. The van der Waals surface area contributed by atoms with Crippen LogP contribution in [0.2, 0.25) is 0 Å². The van der Waals surface area contributed by atoms with Crippen LogP contribution in [0.3, 0.4) is 0 Å². The van der Waals surface area contributed by atoms with Crippen molar-refractivity contribution in [2.24, 2.45) is 0 Å². The van der Waals surface area contributed by atoms with Crippen molar-refractivity contribution in [2.75, 3.05) is 0 Å². The van der Waals surface area contributed by atoms with E-state index >= 15 is 0 Å². The Hall–Kier alpha value is -5.10. The summed E-state index contributed by atoms with van der Waals surface area (Å²) in [7, 11) is 0. The second-order valence-electron chi connectivity index (χ2n) is 8.83. The molecule has 0 aliphatic rings. The average Bonchev–Trinajstić information content (AvgIpc) is 3.46. The van der Waals surface area contributed by atoms with Gasteiger partial charge in [-0.3, -0.25) is 4.57 Å². The number of rotatable bonds is 2. The second-order valence-corrected chi connectivity index (χ2v) is 8.83. The van der Waals surface area contributed by atoms with Gasteiger partial charge < -0.3 is 4.57 Å². The summed E-state index contributed by atoms with van der Waals surface area (Å²) >= 11 is 0. The number of hydrogen-bond donors (Lipinski definition) is 0. The maximum absolute atomic E-state index is 4.83. The maximum atomic E-state index is 4.83. The van der Waals surface area contributed by atoms with Crippen LogP contribution in [0.4, 0.5) is 0 Å². The molecule has 0 aliphatic heterocycles. The fourth-order valence-electron chi connectivity index (χ4n) is 5.48. The predicted octanol–water partition coefficient (Wildman–Crippen LogP) is 6.61. The number of aromatic nitrogens is 6. The Labute approximate surface area is 205 Å². The van der Waals surface area contributed by atoms with E-state index in [1.54, 1.807) is 18.6 Å². The van der Waals surface area contributed by atoms with Gasteiger partial charge >= 0.3 is 0 Å². The zero-order valence-corrected chi connectivity index (χ0v) is 19.1. The van der Waals surface area contributed by atoms with Crippen molar-refractivity contribution in [1.29, 1.82) is 0 Å². The van der Waals surface area contributed by atoms with Gasteiger partial charge in [0.1, 0.15) is 0 Å². The van der Waals surface area contributed by atoms with Crippen LogP contribution in [-0.4, -0.2) is 29.1 Å². The molecule has 0 spiro atoms.